The van der Waals surface area contributed by atoms with Crippen molar-refractivity contribution in [2.45, 2.75) is 26.3 Å². The lowest BCUT2D eigenvalue weighted by Crippen LogP contribution is -2.10. The Labute approximate surface area is 191 Å². The summed E-state index contributed by atoms with van der Waals surface area (Å²) in [5, 5.41) is 18.3. The molecule has 0 aliphatic heterocycles. The molecule has 8 nitrogen and oxygen atoms in total. The summed E-state index contributed by atoms with van der Waals surface area (Å²) >= 11 is 0. The van der Waals surface area contributed by atoms with Crippen LogP contribution in [0, 0.1) is 0 Å². The second-order valence-corrected chi connectivity index (χ2v) is 8.16. The van der Waals surface area contributed by atoms with Gasteiger partial charge in [-0.2, -0.15) is 9.97 Å². The number of hydrogen-bond donors (Lipinski definition) is 3. The molecule has 0 atom stereocenters. The zero-order valence-corrected chi connectivity index (χ0v) is 18.5. The summed E-state index contributed by atoms with van der Waals surface area (Å²) in [5.41, 5.74) is 2.61. The van der Waals surface area contributed by atoms with Gasteiger partial charge < -0.3 is 20.3 Å². The van der Waals surface area contributed by atoms with Crippen molar-refractivity contribution in [3.05, 3.63) is 72.7 Å². The lowest BCUT2D eigenvalue weighted by molar-refractivity contribution is 0.475. The molecule has 8 heteroatoms. The molecule has 0 spiro atoms. The summed E-state index contributed by atoms with van der Waals surface area (Å²) in [6.45, 7) is 4.86. The van der Waals surface area contributed by atoms with E-state index in [2.05, 4.69) is 40.5 Å². The Morgan fingerprint density at radius 3 is 2.58 bits per heavy atom. The Morgan fingerprint density at radius 1 is 0.939 bits per heavy atom. The minimum atomic E-state index is 0.207. The fourth-order valence-electron chi connectivity index (χ4n) is 3.79. The summed E-state index contributed by atoms with van der Waals surface area (Å²) in [6.07, 6.45) is 4.36. The number of hydrogen-bond acceptors (Lipinski definition) is 7. The Kier molecular flexibility index (Phi) is 5.48. The highest BCUT2D eigenvalue weighted by Gasteiger charge is 2.16. The average molecular weight is 440 g/mol. The number of imidazole rings is 1. The first kappa shape index (κ1) is 20.7. The van der Waals surface area contributed by atoms with Crippen LogP contribution in [0.15, 0.2) is 67.1 Å². The predicted molar refractivity (Wildman–Crippen MR) is 131 cm³/mol. The van der Waals surface area contributed by atoms with E-state index in [9.17, 15) is 5.11 Å². The Balaban J connectivity index is 1.48. The van der Waals surface area contributed by atoms with Gasteiger partial charge in [0.15, 0.2) is 17.0 Å². The van der Waals surface area contributed by atoms with Crippen molar-refractivity contribution >= 4 is 39.5 Å². The number of anilines is 3. The SMILES string of the molecule is CC(C)n1cnc2c(NCCc3ccc(O)cc3)nc(Nc3nccc4ccccc34)nc21. The molecule has 2 aromatic carbocycles. The maximum absolute atomic E-state index is 9.49. The molecular weight excluding hydrogens is 414 g/mol. The normalized spacial score (nSPS) is 11.4. The molecule has 166 valence electrons. The number of nitrogens with zero attached hydrogens (tertiary/aromatic N) is 5. The number of phenolic OH excluding ortho intramolecular Hbond substituents is 1. The highest BCUT2D eigenvalue weighted by Crippen LogP contribution is 2.27. The predicted octanol–water partition coefficient (Wildman–Crippen LogP) is 5.06. The highest BCUT2D eigenvalue weighted by atomic mass is 16.3. The Morgan fingerprint density at radius 2 is 1.76 bits per heavy atom. The Hall–Kier alpha value is -4.20. The van der Waals surface area contributed by atoms with Crippen molar-refractivity contribution in [1.29, 1.82) is 0 Å². The molecule has 0 amide bonds. The van der Waals surface area contributed by atoms with Gasteiger partial charge in [0.1, 0.15) is 11.6 Å². The van der Waals surface area contributed by atoms with Crippen molar-refractivity contribution < 1.29 is 5.11 Å². The van der Waals surface area contributed by atoms with Crippen LogP contribution >= 0.6 is 0 Å². The van der Waals surface area contributed by atoms with E-state index in [1.807, 2.05) is 41.0 Å². The van der Waals surface area contributed by atoms with Crippen molar-refractivity contribution in [1.82, 2.24) is 24.5 Å². The average Bonchev–Trinajstić information content (AvgIpc) is 3.25. The van der Waals surface area contributed by atoms with E-state index >= 15 is 0 Å². The minimum absolute atomic E-state index is 0.207. The van der Waals surface area contributed by atoms with Crippen molar-refractivity contribution in [3.8, 4) is 5.75 Å². The fourth-order valence-corrected chi connectivity index (χ4v) is 3.79. The van der Waals surface area contributed by atoms with E-state index < -0.39 is 0 Å². The van der Waals surface area contributed by atoms with Gasteiger partial charge >= 0.3 is 0 Å². The van der Waals surface area contributed by atoms with Crippen LogP contribution in [0.4, 0.5) is 17.6 Å². The minimum Gasteiger partial charge on any atom is -0.508 e. The van der Waals surface area contributed by atoms with Crippen molar-refractivity contribution in [2.75, 3.05) is 17.2 Å². The van der Waals surface area contributed by atoms with Crippen LogP contribution in [0.2, 0.25) is 0 Å². The monoisotopic (exact) mass is 439 g/mol. The quantitative estimate of drug-likeness (QED) is 0.326. The Bertz CT molecular complexity index is 1400. The molecule has 33 heavy (non-hydrogen) atoms. The van der Waals surface area contributed by atoms with Gasteiger partial charge in [0.05, 0.1) is 6.33 Å². The molecule has 0 saturated carbocycles. The number of pyridine rings is 1. The summed E-state index contributed by atoms with van der Waals surface area (Å²) in [6, 6.07) is 17.5. The van der Waals surface area contributed by atoms with Gasteiger partial charge in [0, 0.05) is 24.2 Å². The maximum Gasteiger partial charge on any atom is 0.232 e. The molecule has 0 saturated heterocycles. The van der Waals surface area contributed by atoms with Crippen LogP contribution in [-0.2, 0) is 6.42 Å². The van der Waals surface area contributed by atoms with Crippen molar-refractivity contribution in [2.24, 2.45) is 0 Å². The third kappa shape index (κ3) is 4.27. The van der Waals surface area contributed by atoms with Gasteiger partial charge in [-0.05, 0) is 49.4 Å². The maximum atomic E-state index is 9.49. The molecule has 0 fully saturated rings. The van der Waals surface area contributed by atoms with Gasteiger partial charge in [-0.15, -0.1) is 0 Å². The van der Waals surface area contributed by atoms with Crippen LogP contribution in [0.25, 0.3) is 21.9 Å². The van der Waals surface area contributed by atoms with Gasteiger partial charge in [-0.1, -0.05) is 36.4 Å². The number of benzene rings is 2. The van der Waals surface area contributed by atoms with Crippen LogP contribution in [0.3, 0.4) is 0 Å². The first-order valence-electron chi connectivity index (χ1n) is 11.0. The molecule has 0 aliphatic rings. The molecule has 0 unspecified atom stereocenters. The van der Waals surface area contributed by atoms with E-state index in [1.54, 1.807) is 24.7 Å². The van der Waals surface area contributed by atoms with Gasteiger partial charge in [0.2, 0.25) is 5.95 Å². The van der Waals surface area contributed by atoms with E-state index in [4.69, 9.17) is 9.97 Å². The summed E-state index contributed by atoms with van der Waals surface area (Å²) in [7, 11) is 0. The molecule has 5 rings (SSSR count). The first-order chi connectivity index (χ1) is 16.1. The van der Waals surface area contributed by atoms with E-state index in [0.717, 1.165) is 33.9 Å². The van der Waals surface area contributed by atoms with Crippen LogP contribution in [0.1, 0.15) is 25.5 Å². The number of fused-ring (bicyclic) bond motifs is 2. The third-order valence-electron chi connectivity index (χ3n) is 5.52. The standard InChI is InChI=1S/C25H25N7O/c1-16(2)32-15-28-21-23(27-13-11-17-7-9-19(33)10-8-17)30-25(31-24(21)32)29-22-20-6-4-3-5-18(20)12-14-26-22/h3-10,12,14-16,33H,11,13H2,1-2H3,(H2,26,27,29,30,31). The second-order valence-electron chi connectivity index (χ2n) is 8.16. The molecule has 5 aromatic rings. The topological polar surface area (TPSA) is 101 Å². The van der Waals surface area contributed by atoms with Crippen LogP contribution < -0.4 is 10.6 Å². The second kappa shape index (κ2) is 8.74. The number of rotatable bonds is 7. The zero-order valence-electron chi connectivity index (χ0n) is 18.5. The lowest BCUT2D eigenvalue weighted by Gasteiger charge is -2.13. The molecule has 3 N–H and O–H groups in total. The summed E-state index contributed by atoms with van der Waals surface area (Å²) in [4.78, 5) is 18.6. The van der Waals surface area contributed by atoms with Crippen molar-refractivity contribution in [3.63, 3.8) is 0 Å². The van der Waals surface area contributed by atoms with Gasteiger partial charge in [0.25, 0.3) is 0 Å². The molecule has 3 heterocycles. The summed E-state index contributed by atoms with van der Waals surface area (Å²) in [5.74, 6) is 2.10. The summed E-state index contributed by atoms with van der Waals surface area (Å²) < 4.78 is 2.03. The number of aromatic nitrogens is 5. The largest absolute Gasteiger partial charge is 0.508 e. The fraction of sp³-hybridized carbons (Fsp3) is 0.200. The molecule has 3 aromatic heterocycles. The number of aromatic hydroxyl groups is 1. The molecule has 0 bridgehead atoms. The smallest absolute Gasteiger partial charge is 0.232 e. The van der Waals surface area contributed by atoms with E-state index in [-0.39, 0.29) is 11.8 Å². The lowest BCUT2D eigenvalue weighted by atomic mass is 10.1. The third-order valence-corrected chi connectivity index (χ3v) is 5.52. The van der Waals surface area contributed by atoms with Crippen LogP contribution in [-0.4, -0.2) is 36.2 Å². The van der Waals surface area contributed by atoms with E-state index in [0.29, 0.717) is 24.1 Å². The number of nitrogens with one attached hydrogen (secondary N) is 2. The molecular formula is C25H25N7O. The first-order valence-corrected chi connectivity index (χ1v) is 11.0. The van der Waals surface area contributed by atoms with Gasteiger partial charge in [-0.25, -0.2) is 9.97 Å². The molecule has 0 aliphatic carbocycles. The van der Waals surface area contributed by atoms with Gasteiger partial charge in [-0.3, -0.25) is 0 Å². The zero-order chi connectivity index (χ0) is 22.8. The highest BCUT2D eigenvalue weighted by molar-refractivity contribution is 5.93. The van der Waals surface area contributed by atoms with E-state index in [1.165, 1.54) is 0 Å². The van der Waals surface area contributed by atoms with Crippen LogP contribution in [0.5, 0.6) is 5.75 Å². The number of phenols is 1. The molecule has 0 radical (unpaired) electrons.